The van der Waals surface area contributed by atoms with Gasteiger partial charge >= 0.3 is 12.2 Å². The Labute approximate surface area is 98.3 Å². The zero-order valence-corrected chi connectivity index (χ0v) is 10.5. The van der Waals surface area contributed by atoms with Crippen LogP contribution in [0.1, 0.15) is 34.6 Å². The largest absolute Gasteiger partial charge is 0.442 e. The van der Waals surface area contributed by atoms with Crippen LogP contribution in [0, 0.1) is 5.92 Å². The van der Waals surface area contributed by atoms with Gasteiger partial charge < -0.3 is 9.84 Å². The topological polar surface area (TPSA) is 49.8 Å². The Morgan fingerprint density at radius 2 is 1.71 bits per heavy atom. The Morgan fingerprint density at radius 1 is 1.29 bits per heavy atom. The number of amides is 1. The number of ether oxygens (including phenoxy) is 1. The van der Waals surface area contributed by atoms with E-state index in [4.69, 9.17) is 5.11 Å². The van der Waals surface area contributed by atoms with Gasteiger partial charge in [-0.15, -0.1) is 5.12 Å². The van der Waals surface area contributed by atoms with Crippen LogP contribution in [0.15, 0.2) is 0 Å². The van der Waals surface area contributed by atoms with E-state index in [0.29, 0.717) is 0 Å². The predicted molar refractivity (Wildman–Crippen MR) is 55.0 cm³/mol. The average molecular weight is 257 g/mol. The van der Waals surface area contributed by atoms with Crippen molar-refractivity contribution in [3.05, 3.63) is 0 Å². The third-order valence-electron chi connectivity index (χ3n) is 1.80. The molecular weight excluding hydrogens is 239 g/mol. The number of halogens is 3. The first kappa shape index (κ1) is 16.0. The van der Waals surface area contributed by atoms with Crippen molar-refractivity contribution in [1.29, 1.82) is 0 Å². The summed E-state index contributed by atoms with van der Waals surface area (Å²) in [5, 5.41) is 7.77. The number of hydrogen-bond donors (Lipinski definition) is 1. The lowest BCUT2D eigenvalue weighted by atomic mass is 10.0. The Morgan fingerprint density at radius 3 is 1.94 bits per heavy atom. The molecule has 0 fully saturated rings. The van der Waals surface area contributed by atoms with E-state index in [1.165, 1.54) is 34.6 Å². The summed E-state index contributed by atoms with van der Waals surface area (Å²) in [6.45, 7) is 6.93. The number of rotatable bonds is 3. The van der Waals surface area contributed by atoms with Crippen LogP contribution in [0.5, 0.6) is 0 Å². The van der Waals surface area contributed by atoms with Crippen molar-refractivity contribution < 1.29 is 27.9 Å². The van der Waals surface area contributed by atoms with E-state index in [1.54, 1.807) is 0 Å². The summed E-state index contributed by atoms with van der Waals surface area (Å²) in [4.78, 5) is 11.2. The number of alkyl halides is 2. The highest BCUT2D eigenvalue weighted by Gasteiger charge is 2.47. The van der Waals surface area contributed by atoms with E-state index < -0.39 is 34.9 Å². The van der Waals surface area contributed by atoms with Gasteiger partial charge in [0.25, 0.3) is 0 Å². The highest BCUT2D eigenvalue weighted by molar-refractivity contribution is 5.67. The van der Waals surface area contributed by atoms with Crippen molar-refractivity contribution in [3.8, 4) is 0 Å². The van der Waals surface area contributed by atoms with Crippen LogP contribution in [0.4, 0.5) is 18.1 Å². The normalized spacial score (nSPS) is 14.7. The molecule has 1 amide bonds. The first-order chi connectivity index (χ1) is 7.36. The molecule has 1 N–H and O–H groups in total. The van der Waals surface area contributed by atoms with Crippen molar-refractivity contribution in [1.82, 2.24) is 5.12 Å². The third kappa shape index (κ3) is 5.25. The molecule has 0 radical (unpaired) electrons. The quantitative estimate of drug-likeness (QED) is 0.791. The molecule has 0 bridgehead atoms. The van der Waals surface area contributed by atoms with Crippen molar-refractivity contribution in [3.63, 3.8) is 0 Å². The molecule has 17 heavy (non-hydrogen) atoms. The number of carbonyl (C=O) groups excluding carboxylic acids is 1. The molecular formula is C10H18F3NO3. The zero-order valence-electron chi connectivity index (χ0n) is 10.5. The van der Waals surface area contributed by atoms with Crippen molar-refractivity contribution in [2.24, 2.45) is 5.92 Å². The van der Waals surface area contributed by atoms with Gasteiger partial charge in [-0.3, -0.25) is 0 Å². The van der Waals surface area contributed by atoms with E-state index in [9.17, 15) is 18.1 Å². The molecule has 0 aromatic heterocycles. The van der Waals surface area contributed by atoms with Crippen molar-refractivity contribution in [2.75, 3.05) is 0 Å². The van der Waals surface area contributed by atoms with Gasteiger partial charge in [0.1, 0.15) is 5.60 Å². The molecule has 0 rings (SSSR count). The summed E-state index contributed by atoms with van der Waals surface area (Å²) in [5.74, 6) is -0.979. The molecule has 1 unspecified atom stereocenters. The monoisotopic (exact) mass is 257 g/mol. The second kappa shape index (κ2) is 5.12. The summed E-state index contributed by atoms with van der Waals surface area (Å²) in [6.07, 6.45) is -5.88. The minimum atomic E-state index is -4.33. The molecule has 0 aliphatic heterocycles. The van der Waals surface area contributed by atoms with Crippen LogP contribution in [0.25, 0.3) is 0 Å². The van der Waals surface area contributed by atoms with E-state index in [-0.39, 0.29) is 0 Å². The van der Waals surface area contributed by atoms with E-state index in [1.807, 2.05) is 0 Å². The first-order valence-corrected chi connectivity index (χ1v) is 5.14. The Bertz CT molecular complexity index is 271. The molecule has 1 atom stereocenters. The van der Waals surface area contributed by atoms with Gasteiger partial charge in [0.05, 0.1) is 0 Å². The van der Waals surface area contributed by atoms with Gasteiger partial charge in [-0.05, 0) is 26.7 Å². The van der Waals surface area contributed by atoms with Crippen LogP contribution in [0.2, 0.25) is 0 Å². The molecule has 4 nitrogen and oxygen atoms in total. The summed E-state index contributed by atoms with van der Waals surface area (Å²) in [6, 6.07) is -2.28. The molecule has 0 heterocycles. The van der Waals surface area contributed by atoms with Gasteiger partial charge in [-0.1, -0.05) is 18.3 Å². The summed E-state index contributed by atoms with van der Waals surface area (Å²) >= 11 is 0. The molecule has 0 aromatic rings. The highest BCUT2D eigenvalue weighted by Crippen LogP contribution is 2.28. The fraction of sp³-hybridized carbons (Fsp3) is 0.900. The summed E-state index contributed by atoms with van der Waals surface area (Å²) in [5.41, 5.74) is -1.01. The van der Waals surface area contributed by atoms with Crippen molar-refractivity contribution >= 4 is 6.09 Å². The Kier molecular flexibility index (Phi) is 4.82. The summed E-state index contributed by atoms with van der Waals surface area (Å²) in [7, 11) is 0. The second-order valence-corrected chi connectivity index (χ2v) is 5.07. The number of carbonyl (C=O) groups is 1. The molecule has 0 spiro atoms. The minimum absolute atomic E-state index is 0.768. The Hall–Kier alpha value is -0.980. The van der Waals surface area contributed by atoms with E-state index in [2.05, 4.69) is 4.74 Å². The van der Waals surface area contributed by atoms with Gasteiger partial charge in [0.15, 0.2) is 6.04 Å². The third-order valence-corrected chi connectivity index (χ3v) is 1.80. The molecule has 0 saturated carbocycles. The molecule has 0 aromatic carbocycles. The minimum Gasteiger partial charge on any atom is -0.442 e. The maximum absolute atomic E-state index is 13.5. The SMILES string of the molecule is CC(C)C(N(F)C(=O)OC(C)(C)C)C(O)(F)F. The maximum Gasteiger partial charge on any atom is 0.439 e. The van der Waals surface area contributed by atoms with E-state index >= 15 is 0 Å². The van der Waals surface area contributed by atoms with Crippen LogP contribution < -0.4 is 0 Å². The second-order valence-electron chi connectivity index (χ2n) is 5.07. The van der Waals surface area contributed by atoms with Crippen LogP contribution in [0.3, 0.4) is 0 Å². The average Bonchev–Trinajstić information content (AvgIpc) is 1.96. The van der Waals surface area contributed by atoms with Crippen LogP contribution in [-0.4, -0.2) is 34.1 Å². The van der Waals surface area contributed by atoms with Crippen LogP contribution in [-0.2, 0) is 4.74 Å². The van der Waals surface area contributed by atoms with Gasteiger partial charge in [-0.25, -0.2) is 4.79 Å². The van der Waals surface area contributed by atoms with Gasteiger partial charge in [0.2, 0.25) is 0 Å². The number of nitrogens with zero attached hydrogens (tertiary/aromatic N) is 1. The lowest BCUT2D eigenvalue weighted by molar-refractivity contribution is -0.269. The highest BCUT2D eigenvalue weighted by atomic mass is 19.3. The molecule has 0 aliphatic rings. The number of aliphatic hydroxyl groups is 1. The smallest absolute Gasteiger partial charge is 0.439 e. The molecule has 7 heteroatoms. The fourth-order valence-corrected chi connectivity index (χ4v) is 1.22. The van der Waals surface area contributed by atoms with Crippen molar-refractivity contribution in [2.45, 2.75) is 52.4 Å². The van der Waals surface area contributed by atoms with Gasteiger partial charge in [0, 0.05) is 0 Å². The standard InChI is InChI=1S/C10H18F3NO3/c1-6(2)7(10(11,12)16)14(13)8(15)17-9(3,4)5/h6-7,16H,1-5H3. The number of hydrogen-bond acceptors (Lipinski definition) is 3. The molecule has 102 valence electrons. The summed E-state index contributed by atoms with van der Waals surface area (Å²) < 4.78 is 43.5. The Balaban J connectivity index is 4.87. The fourth-order valence-electron chi connectivity index (χ4n) is 1.22. The lowest BCUT2D eigenvalue weighted by Crippen LogP contribution is -2.50. The molecule has 0 aliphatic carbocycles. The maximum atomic E-state index is 13.5. The van der Waals surface area contributed by atoms with E-state index in [0.717, 1.165) is 0 Å². The first-order valence-electron chi connectivity index (χ1n) is 5.14. The van der Waals surface area contributed by atoms with Crippen LogP contribution >= 0.6 is 0 Å². The predicted octanol–water partition coefficient (Wildman–Crippen LogP) is 2.72. The molecule has 0 saturated heterocycles. The zero-order chi connectivity index (χ0) is 14.0. The lowest BCUT2D eigenvalue weighted by Gasteiger charge is -2.31. The van der Waals surface area contributed by atoms with Gasteiger partial charge in [-0.2, -0.15) is 8.78 Å².